The van der Waals surface area contributed by atoms with Gasteiger partial charge in [0.2, 0.25) is 23.6 Å². The molecule has 8 aliphatic heterocycles. The average Bonchev–Trinajstić information content (AvgIpc) is 1.57. The van der Waals surface area contributed by atoms with Crippen LogP contribution in [0.15, 0.2) is 189 Å². The van der Waals surface area contributed by atoms with Crippen LogP contribution in [0, 0.1) is 11.6 Å². The highest BCUT2D eigenvalue weighted by Crippen LogP contribution is 2.67. The van der Waals surface area contributed by atoms with E-state index in [-0.39, 0.29) is 112 Å². The van der Waals surface area contributed by atoms with E-state index in [0.29, 0.717) is 148 Å². The number of hydrogen-bond acceptors (Lipinski definition) is 21. The maximum Gasteiger partial charge on any atom is 0.418 e. The summed E-state index contributed by atoms with van der Waals surface area (Å²) in [6.07, 6.45) is 5.84. The summed E-state index contributed by atoms with van der Waals surface area (Å²) in [5.41, 5.74) is 11.5. The molecule has 16 aromatic rings. The van der Waals surface area contributed by atoms with Gasteiger partial charge in [-0.05, 0) is 165 Å². The Morgan fingerprint density at radius 2 is 0.699 bits per heavy atom. The van der Waals surface area contributed by atoms with E-state index in [1.807, 2.05) is 103 Å². The Morgan fingerprint density at radius 3 is 1.08 bits per heavy atom. The van der Waals surface area contributed by atoms with E-state index in [1.165, 1.54) is 24.3 Å². The number of aromatic amines is 4. The Balaban J connectivity index is 0.0000000951. The van der Waals surface area contributed by atoms with E-state index in [1.54, 1.807) is 56.2 Å². The smallest absolute Gasteiger partial charge is 0.418 e. The van der Waals surface area contributed by atoms with E-state index in [9.17, 15) is 41.1 Å². The fourth-order valence-corrected chi connectivity index (χ4v) is 20.1. The number of nitrogens with one attached hydrogen (secondary N) is 8. The molecule has 28 rings (SSSR count). The molecule has 0 spiro atoms. The summed E-state index contributed by atoms with van der Waals surface area (Å²) < 4.78 is 123. The minimum Gasteiger partial charge on any atom is -0.497 e. The van der Waals surface area contributed by atoms with Gasteiger partial charge >= 0.3 is 6.18 Å². The van der Waals surface area contributed by atoms with Crippen molar-refractivity contribution in [2.75, 3.05) is 28.4 Å². The van der Waals surface area contributed by atoms with Crippen LogP contribution in [0.3, 0.4) is 0 Å². The number of anilines is 4. The normalized spacial score (nSPS) is 22.2. The third-order valence-electron chi connectivity index (χ3n) is 26.5. The fraction of sp³-hybridized carbons (Fsp3) is 0.224. The highest BCUT2D eigenvalue weighted by Gasteiger charge is 2.64. The zero-order valence-electron chi connectivity index (χ0n) is 69.6. The Hall–Kier alpha value is -15.7. The molecule has 0 bridgehead atoms. The number of fused-ring (bicyclic) bond motifs is 20. The number of aromatic nitrogens is 12. The molecule has 35 heteroatoms. The number of imidazole rings is 4. The number of amides is 4. The molecule has 4 aliphatic carbocycles. The maximum atomic E-state index is 14.1. The molecule has 8 aromatic carbocycles. The van der Waals surface area contributed by atoms with E-state index in [0.717, 1.165) is 114 Å². The number of rotatable bonds is 13. The van der Waals surface area contributed by atoms with Gasteiger partial charge in [0.25, 0.3) is 0 Å². The van der Waals surface area contributed by atoms with Crippen molar-refractivity contribution in [1.29, 1.82) is 0 Å². The number of pyridine rings is 4. The van der Waals surface area contributed by atoms with Crippen LogP contribution in [0.25, 0.3) is 44.1 Å². The minimum absolute atomic E-state index is 0.00669. The first-order chi connectivity index (χ1) is 64.7. The number of halogens is 6. The molecular weight excluding hydrogens is 1740 g/mol. The summed E-state index contributed by atoms with van der Waals surface area (Å²) >= 11 is 5.90. The van der Waals surface area contributed by atoms with Crippen LogP contribution in [-0.2, 0) is 51.0 Å². The SMILES string of the molecule is COc1ccc2nc(C3C4Oc5ccc(Oc6ccnc7c6CCC(=O)N7)cc5C43)[nH]c2c1.O=C1CCc2c(Oc3ccc4c(c3)C3C(O4)C3c3nc4c(C(F)(F)F)cccc4[nH]3)ccnc2N1.O=C1CCc2c(Oc3ccc4c(c3)C3C(O4)C3c3nc4c(F)cccc4[nH]3)ccnc2N1.O=C1CCc2c(Oc3ccc4c(c3)C3C(O4)C3c3nc4cc(Cl)c(F)cc4[nH]3)ccnc2N1. The number of carbonyl (C=O) groups is 4. The van der Waals surface area contributed by atoms with Crippen molar-refractivity contribution in [1.82, 2.24) is 59.8 Å². The van der Waals surface area contributed by atoms with Gasteiger partial charge in [-0.3, -0.25) is 19.2 Å². The van der Waals surface area contributed by atoms with E-state index >= 15 is 0 Å². The number of hydrogen-bond donors (Lipinski definition) is 8. The molecule has 12 atom stereocenters. The number of methoxy groups -OCH3 is 1. The lowest BCUT2D eigenvalue weighted by Crippen LogP contribution is -2.20. The van der Waals surface area contributed by atoms with Gasteiger partial charge in [-0.25, -0.2) is 48.7 Å². The van der Waals surface area contributed by atoms with Gasteiger partial charge in [-0.2, -0.15) is 13.2 Å². The highest BCUT2D eigenvalue weighted by atomic mass is 35.5. The summed E-state index contributed by atoms with van der Waals surface area (Å²) in [6, 6.07) is 47.9. The van der Waals surface area contributed by atoms with Crippen LogP contribution >= 0.6 is 11.6 Å². The summed E-state index contributed by atoms with van der Waals surface area (Å²) in [6.45, 7) is 0. The molecule has 12 unspecified atom stereocenters. The van der Waals surface area contributed by atoms with Gasteiger partial charge in [-0.1, -0.05) is 23.7 Å². The predicted molar refractivity (Wildman–Crippen MR) is 471 cm³/mol. The maximum absolute atomic E-state index is 14.1. The number of H-pyrrole nitrogens is 4. The lowest BCUT2D eigenvalue weighted by atomic mass is 10.1. The largest absolute Gasteiger partial charge is 0.497 e. The molecule has 662 valence electrons. The molecule has 8 aromatic heterocycles. The van der Waals surface area contributed by atoms with E-state index in [2.05, 4.69) is 82.2 Å². The van der Waals surface area contributed by atoms with Gasteiger partial charge in [0.1, 0.15) is 163 Å². The van der Waals surface area contributed by atoms with Crippen molar-refractivity contribution in [2.24, 2.45) is 0 Å². The van der Waals surface area contributed by atoms with Crippen molar-refractivity contribution >= 4 is 103 Å². The van der Waals surface area contributed by atoms with Gasteiger partial charge in [0, 0.05) is 131 Å². The topological polar surface area (TPSA) is 366 Å². The van der Waals surface area contributed by atoms with Crippen LogP contribution < -0.4 is 63.9 Å². The van der Waals surface area contributed by atoms with Crippen molar-refractivity contribution in [3.05, 3.63) is 279 Å². The van der Waals surface area contributed by atoms with Crippen molar-refractivity contribution in [3.8, 4) is 74.7 Å². The van der Waals surface area contributed by atoms with Crippen LogP contribution in [0.1, 0.15) is 146 Å². The highest BCUT2D eigenvalue weighted by molar-refractivity contribution is 6.31. The number of benzene rings is 8. The molecule has 133 heavy (non-hydrogen) atoms. The van der Waals surface area contributed by atoms with E-state index < -0.39 is 17.6 Å². The molecule has 16 heterocycles. The monoisotopic (exact) mass is 1810 g/mol. The third kappa shape index (κ3) is 14.0. The van der Waals surface area contributed by atoms with Gasteiger partial charge in [-0.15, -0.1) is 0 Å². The van der Waals surface area contributed by atoms with Gasteiger partial charge in [0.05, 0.1) is 74.5 Å². The standard InChI is InChI=1S/C25H17F3N4O3.C25H20N4O4.C24H16ClFN4O3.C24H17FN4O3/c26-25(27,28)14-2-1-3-15-21(14)32-24(30-15)20-19-13-10-11(4-6-16(13)35-22(19)20)34-17-8-9-29-23-12(17)5-7-18(33)31-23;1-31-12-2-5-16-17(11-12)28-25(27-16)22-21-15-10-13(3-6-18(15)33-23(21)22)32-19-8-9-26-24-14(19)4-7-20(30)29-24;25-13-8-15-16(9-14(13)26)29-24(28-15)21-20-12-7-10(1-3-17(12)33-22(20)21)32-18-5-6-27-23-11(18)2-4-19(31)30-23;25-14-2-1-3-15-21(14)29-24(27-15)20-19-13-10-11(4-6-16(13)32-22(19)20)31-17-8-9-26-23-12(17)5-7-18(30)28-23/h1-4,6,8-10,19-20,22H,5,7H2,(H,30,32)(H,29,31,33);2-3,5-6,8-11,21-23H,4,7H2,1H3,(H,27,28)(H,26,29,30);1,3,5-9,20-22H,2,4H2,(H,28,29)(H,27,30,31);1-4,6,8-10,19-20,22H,5,7H2,(H,27,29)(H,26,28,30). The molecule has 0 saturated heterocycles. The number of nitrogens with zero attached hydrogens (tertiary/aromatic N) is 8. The zero-order chi connectivity index (χ0) is 89.7. The second-order valence-electron chi connectivity index (χ2n) is 34.5. The third-order valence-corrected chi connectivity index (χ3v) is 26.8. The van der Waals surface area contributed by atoms with Crippen LogP contribution in [0.2, 0.25) is 5.02 Å². The second-order valence-corrected chi connectivity index (χ2v) is 34.9. The summed E-state index contributed by atoms with van der Waals surface area (Å²) in [5.74, 6) is 14.4. The van der Waals surface area contributed by atoms with Crippen molar-refractivity contribution < 1.29 is 83.8 Å². The predicted octanol–water partition coefficient (Wildman–Crippen LogP) is 19.1. The molecule has 0 radical (unpaired) electrons. The molecule has 4 saturated carbocycles. The lowest BCUT2D eigenvalue weighted by molar-refractivity contribution is -0.136. The molecule has 12 aliphatic rings. The molecule has 4 fully saturated rings. The van der Waals surface area contributed by atoms with Crippen molar-refractivity contribution in [2.45, 2.75) is 129 Å². The molecule has 4 amide bonds. The Kier molecular flexibility index (Phi) is 18.2. The fourth-order valence-electron chi connectivity index (χ4n) is 19.9. The first kappa shape index (κ1) is 79.4. The number of alkyl halides is 3. The van der Waals surface area contributed by atoms with Crippen LogP contribution in [-0.4, -0.2) is 115 Å². The average molecular weight is 1810 g/mol. The Labute approximate surface area is 753 Å². The Morgan fingerprint density at radius 1 is 0.353 bits per heavy atom. The van der Waals surface area contributed by atoms with Crippen molar-refractivity contribution in [3.63, 3.8) is 0 Å². The summed E-state index contributed by atoms with van der Waals surface area (Å²) in [7, 11) is 1.66. The number of ether oxygens (including phenoxy) is 9. The minimum atomic E-state index is -4.48. The van der Waals surface area contributed by atoms with Gasteiger partial charge < -0.3 is 83.8 Å². The molecule has 8 N–H and O–H groups in total. The zero-order valence-corrected chi connectivity index (χ0v) is 70.4. The first-order valence-corrected chi connectivity index (χ1v) is 43.8. The number of carbonyl (C=O) groups excluding carboxylic acids is 4. The Bertz CT molecular complexity index is 7640. The van der Waals surface area contributed by atoms with Gasteiger partial charge in [0.15, 0.2) is 5.82 Å². The summed E-state index contributed by atoms with van der Waals surface area (Å²) in [5, 5.41) is 11.2. The van der Waals surface area contributed by atoms with Crippen LogP contribution in [0.5, 0.6) is 74.7 Å². The van der Waals surface area contributed by atoms with Crippen LogP contribution in [0.4, 0.5) is 45.2 Å². The number of para-hydroxylation sites is 2. The van der Waals surface area contributed by atoms with E-state index in [4.69, 9.17) is 59.2 Å². The lowest BCUT2D eigenvalue weighted by Gasteiger charge is -2.19. The quantitative estimate of drug-likeness (QED) is 0.0497. The summed E-state index contributed by atoms with van der Waals surface area (Å²) in [4.78, 5) is 94.8. The second kappa shape index (κ2) is 30.4. The molecule has 29 nitrogen and oxygen atoms in total. The molecular formula is C98H70ClF5N16O13. The first-order valence-electron chi connectivity index (χ1n) is 43.4.